The summed E-state index contributed by atoms with van der Waals surface area (Å²) in [6.45, 7) is 3.49. The fourth-order valence-corrected chi connectivity index (χ4v) is 3.86. The van der Waals surface area contributed by atoms with E-state index in [1.54, 1.807) is 6.20 Å². The number of nitrogens with two attached hydrogens (primary N) is 1. The van der Waals surface area contributed by atoms with E-state index in [4.69, 9.17) is 15.1 Å². The van der Waals surface area contributed by atoms with Crippen molar-refractivity contribution in [1.29, 1.82) is 0 Å². The molecule has 1 fully saturated rings. The molecule has 0 radical (unpaired) electrons. The standard InChI is InChI=1S/C22H27N7O2/c1-24-13-15-3-5-17(6-4-15)21-27-28-22(31-21)19-20(23)25-14-18(26-19)16-7-10-29(11-8-16)9-2-12-30/h3-6,12,14,16,24H,2,7-11,13H2,1H3,(H2,23,25). The Kier molecular flexibility index (Phi) is 6.63. The lowest BCUT2D eigenvalue weighted by atomic mass is 9.93. The quantitative estimate of drug-likeness (QED) is 0.527. The lowest BCUT2D eigenvalue weighted by molar-refractivity contribution is -0.108. The molecule has 2 aromatic heterocycles. The first kappa shape index (κ1) is 21.1. The van der Waals surface area contributed by atoms with Crippen LogP contribution in [0.5, 0.6) is 0 Å². The summed E-state index contributed by atoms with van der Waals surface area (Å²) >= 11 is 0. The van der Waals surface area contributed by atoms with Gasteiger partial charge >= 0.3 is 0 Å². The van der Waals surface area contributed by atoms with Gasteiger partial charge in [-0.1, -0.05) is 12.1 Å². The highest BCUT2D eigenvalue weighted by molar-refractivity contribution is 5.63. The van der Waals surface area contributed by atoms with Crippen LogP contribution in [-0.2, 0) is 11.3 Å². The average Bonchev–Trinajstić information content (AvgIpc) is 3.29. The summed E-state index contributed by atoms with van der Waals surface area (Å²) in [6, 6.07) is 7.94. The Balaban J connectivity index is 1.50. The fourth-order valence-electron chi connectivity index (χ4n) is 3.86. The Bertz CT molecular complexity index is 1010. The van der Waals surface area contributed by atoms with Crippen LogP contribution in [0.15, 0.2) is 34.9 Å². The van der Waals surface area contributed by atoms with E-state index in [1.807, 2.05) is 31.3 Å². The van der Waals surface area contributed by atoms with Crippen LogP contribution in [0.4, 0.5) is 5.82 Å². The molecular formula is C22H27N7O2. The molecule has 0 saturated carbocycles. The fraction of sp³-hybridized carbons (Fsp3) is 0.409. The molecular weight excluding hydrogens is 394 g/mol. The second-order valence-corrected chi connectivity index (χ2v) is 7.74. The molecule has 4 rings (SSSR count). The molecule has 0 atom stereocenters. The van der Waals surface area contributed by atoms with Crippen molar-refractivity contribution in [3.8, 4) is 23.0 Å². The van der Waals surface area contributed by atoms with Gasteiger partial charge in [0.1, 0.15) is 6.29 Å². The van der Waals surface area contributed by atoms with Gasteiger partial charge in [-0.2, -0.15) is 0 Å². The Labute approximate surface area is 181 Å². The summed E-state index contributed by atoms with van der Waals surface area (Å²) in [5.41, 5.74) is 9.40. The highest BCUT2D eigenvalue weighted by Crippen LogP contribution is 2.30. The molecule has 9 heteroatoms. The van der Waals surface area contributed by atoms with E-state index in [9.17, 15) is 4.79 Å². The lowest BCUT2D eigenvalue weighted by Crippen LogP contribution is -2.34. The molecule has 0 spiro atoms. The van der Waals surface area contributed by atoms with E-state index >= 15 is 0 Å². The Hall–Kier alpha value is -3.17. The monoisotopic (exact) mass is 421 g/mol. The normalized spacial score (nSPS) is 15.3. The van der Waals surface area contributed by atoms with Crippen LogP contribution < -0.4 is 11.1 Å². The lowest BCUT2D eigenvalue weighted by Gasteiger charge is -2.31. The zero-order valence-corrected chi connectivity index (χ0v) is 17.6. The number of piperidine rings is 1. The Morgan fingerprint density at radius 1 is 1.19 bits per heavy atom. The molecule has 1 aliphatic rings. The summed E-state index contributed by atoms with van der Waals surface area (Å²) in [5.74, 6) is 1.25. The number of rotatable bonds is 8. The Morgan fingerprint density at radius 3 is 2.65 bits per heavy atom. The average molecular weight is 422 g/mol. The number of nitrogens with one attached hydrogen (secondary N) is 1. The molecule has 0 unspecified atom stereocenters. The van der Waals surface area contributed by atoms with Crippen LogP contribution in [0, 0.1) is 0 Å². The third-order valence-electron chi connectivity index (χ3n) is 5.60. The number of benzene rings is 1. The number of carbonyl (C=O) groups is 1. The van der Waals surface area contributed by atoms with Crippen LogP contribution in [0.25, 0.3) is 23.0 Å². The zero-order chi connectivity index (χ0) is 21.6. The number of aldehydes is 1. The van der Waals surface area contributed by atoms with Crippen molar-refractivity contribution in [2.45, 2.75) is 31.7 Å². The second kappa shape index (κ2) is 9.76. The van der Waals surface area contributed by atoms with E-state index in [1.165, 1.54) is 5.56 Å². The topological polar surface area (TPSA) is 123 Å². The predicted octanol–water partition coefficient (Wildman–Crippen LogP) is 2.26. The molecule has 1 saturated heterocycles. The van der Waals surface area contributed by atoms with Crippen molar-refractivity contribution in [2.24, 2.45) is 0 Å². The molecule has 0 bridgehead atoms. The van der Waals surface area contributed by atoms with E-state index in [0.29, 0.717) is 23.9 Å². The molecule has 162 valence electrons. The van der Waals surface area contributed by atoms with Gasteiger partial charge in [-0.3, -0.25) is 0 Å². The van der Waals surface area contributed by atoms with Crippen molar-refractivity contribution in [3.05, 3.63) is 41.7 Å². The highest BCUT2D eigenvalue weighted by atomic mass is 16.4. The summed E-state index contributed by atoms with van der Waals surface area (Å²) < 4.78 is 5.88. The summed E-state index contributed by atoms with van der Waals surface area (Å²) in [4.78, 5) is 22.0. The first-order valence-corrected chi connectivity index (χ1v) is 10.5. The number of nitrogen functional groups attached to an aromatic ring is 1. The molecule has 9 nitrogen and oxygen atoms in total. The third-order valence-corrected chi connectivity index (χ3v) is 5.60. The van der Waals surface area contributed by atoms with Gasteiger partial charge < -0.3 is 25.2 Å². The molecule has 3 heterocycles. The molecule has 3 N–H and O–H groups in total. The minimum absolute atomic E-state index is 0.268. The van der Waals surface area contributed by atoms with Gasteiger partial charge in [-0.15, -0.1) is 10.2 Å². The Morgan fingerprint density at radius 2 is 1.94 bits per heavy atom. The summed E-state index contributed by atoms with van der Waals surface area (Å²) in [5, 5.41) is 11.5. The van der Waals surface area contributed by atoms with E-state index in [0.717, 1.165) is 56.6 Å². The van der Waals surface area contributed by atoms with Crippen molar-refractivity contribution in [2.75, 3.05) is 32.4 Å². The summed E-state index contributed by atoms with van der Waals surface area (Å²) in [7, 11) is 1.91. The highest BCUT2D eigenvalue weighted by Gasteiger charge is 2.24. The van der Waals surface area contributed by atoms with Gasteiger partial charge in [0, 0.05) is 31.0 Å². The maximum Gasteiger partial charge on any atom is 0.270 e. The van der Waals surface area contributed by atoms with Crippen molar-refractivity contribution in [3.63, 3.8) is 0 Å². The molecule has 0 amide bonds. The van der Waals surface area contributed by atoms with E-state index in [2.05, 4.69) is 25.4 Å². The maximum atomic E-state index is 10.6. The van der Waals surface area contributed by atoms with E-state index < -0.39 is 0 Å². The van der Waals surface area contributed by atoms with Crippen molar-refractivity contribution >= 4 is 12.1 Å². The predicted molar refractivity (Wildman–Crippen MR) is 117 cm³/mol. The van der Waals surface area contributed by atoms with Gasteiger partial charge in [-0.25, -0.2) is 9.97 Å². The second-order valence-electron chi connectivity index (χ2n) is 7.74. The van der Waals surface area contributed by atoms with Crippen LogP contribution >= 0.6 is 0 Å². The molecule has 1 aliphatic heterocycles. The maximum absolute atomic E-state index is 10.6. The van der Waals surface area contributed by atoms with Crippen molar-refractivity contribution < 1.29 is 9.21 Å². The van der Waals surface area contributed by atoms with Crippen LogP contribution in [0.2, 0.25) is 0 Å². The molecule has 0 aliphatic carbocycles. The number of nitrogens with zero attached hydrogens (tertiary/aromatic N) is 5. The minimum Gasteiger partial charge on any atom is -0.414 e. The minimum atomic E-state index is 0.268. The molecule has 31 heavy (non-hydrogen) atoms. The van der Waals surface area contributed by atoms with Crippen LogP contribution in [-0.4, -0.2) is 58.0 Å². The first-order chi connectivity index (χ1) is 15.2. The summed E-state index contributed by atoms with van der Waals surface area (Å²) in [6.07, 6.45) is 5.21. The zero-order valence-electron chi connectivity index (χ0n) is 17.6. The van der Waals surface area contributed by atoms with Gasteiger partial charge in [0.25, 0.3) is 5.89 Å². The van der Waals surface area contributed by atoms with Crippen LogP contribution in [0.1, 0.15) is 36.4 Å². The third kappa shape index (κ3) is 4.95. The number of hydrogen-bond donors (Lipinski definition) is 2. The number of hydrogen-bond acceptors (Lipinski definition) is 9. The van der Waals surface area contributed by atoms with Crippen molar-refractivity contribution in [1.82, 2.24) is 30.4 Å². The molecule has 1 aromatic carbocycles. The molecule has 3 aromatic rings. The van der Waals surface area contributed by atoms with Gasteiger partial charge in [0.2, 0.25) is 5.89 Å². The van der Waals surface area contributed by atoms with Gasteiger partial charge in [0.05, 0.1) is 11.9 Å². The SMILES string of the molecule is CNCc1ccc(-c2nnc(-c3nc(C4CCN(CCC=O)CC4)cnc3N)o2)cc1. The van der Waals surface area contributed by atoms with Gasteiger partial charge in [-0.05, 0) is 50.7 Å². The largest absolute Gasteiger partial charge is 0.414 e. The number of likely N-dealkylation sites (tertiary alicyclic amines) is 1. The number of aromatic nitrogens is 4. The number of anilines is 1. The number of carbonyl (C=O) groups excluding carboxylic acids is 1. The van der Waals surface area contributed by atoms with E-state index in [-0.39, 0.29) is 11.7 Å². The van der Waals surface area contributed by atoms with Crippen LogP contribution in [0.3, 0.4) is 0 Å². The van der Waals surface area contributed by atoms with Gasteiger partial charge in [0.15, 0.2) is 11.5 Å². The first-order valence-electron chi connectivity index (χ1n) is 10.5. The smallest absolute Gasteiger partial charge is 0.270 e.